The van der Waals surface area contributed by atoms with Crippen LogP contribution >= 0.6 is 15.9 Å². The third-order valence-electron chi connectivity index (χ3n) is 2.81. The molecular formula is C17H17BrO3. The van der Waals surface area contributed by atoms with Crippen LogP contribution in [0.1, 0.15) is 23.7 Å². The van der Waals surface area contributed by atoms with Gasteiger partial charge in [0.15, 0.2) is 12.4 Å². The quantitative estimate of drug-likeness (QED) is 0.691. The molecule has 0 unspecified atom stereocenters. The summed E-state index contributed by atoms with van der Waals surface area (Å²) in [6.45, 7) is 2.78. The number of benzene rings is 2. The molecule has 0 atom stereocenters. The third-order valence-corrected chi connectivity index (χ3v) is 3.31. The van der Waals surface area contributed by atoms with Gasteiger partial charge in [-0.1, -0.05) is 35.0 Å². The number of ketones is 1. The van der Waals surface area contributed by atoms with Crippen molar-refractivity contribution in [2.24, 2.45) is 0 Å². The molecule has 0 aliphatic carbocycles. The molecule has 0 spiro atoms. The molecule has 110 valence electrons. The number of hydrogen-bond acceptors (Lipinski definition) is 3. The number of carbonyl (C=O) groups is 1. The minimum Gasteiger partial charge on any atom is -0.494 e. The highest BCUT2D eigenvalue weighted by molar-refractivity contribution is 9.10. The molecule has 4 heteroatoms. The van der Waals surface area contributed by atoms with E-state index in [0.29, 0.717) is 17.9 Å². The molecule has 0 fully saturated rings. The van der Waals surface area contributed by atoms with E-state index in [1.54, 1.807) is 24.3 Å². The van der Waals surface area contributed by atoms with E-state index in [2.05, 4.69) is 22.9 Å². The van der Waals surface area contributed by atoms with Gasteiger partial charge in [0.2, 0.25) is 0 Å². The zero-order valence-corrected chi connectivity index (χ0v) is 13.4. The number of rotatable bonds is 7. The Balaban J connectivity index is 1.89. The van der Waals surface area contributed by atoms with Crippen LogP contribution < -0.4 is 9.47 Å². The van der Waals surface area contributed by atoms with E-state index in [0.717, 1.165) is 16.6 Å². The summed E-state index contributed by atoms with van der Waals surface area (Å²) < 4.78 is 11.9. The van der Waals surface area contributed by atoms with E-state index >= 15 is 0 Å². The van der Waals surface area contributed by atoms with Crippen molar-refractivity contribution in [2.45, 2.75) is 13.3 Å². The topological polar surface area (TPSA) is 35.5 Å². The van der Waals surface area contributed by atoms with Crippen LogP contribution in [0, 0.1) is 0 Å². The first-order chi connectivity index (χ1) is 10.2. The summed E-state index contributed by atoms with van der Waals surface area (Å²) in [5.41, 5.74) is 0.632. The molecule has 0 aliphatic heterocycles. The third kappa shape index (κ3) is 4.90. The maximum absolute atomic E-state index is 12.0. The van der Waals surface area contributed by atoms with Crippen molar-refractivity contribution in [1.29, 1.82) is 0 Å². The highest BCUT2D eigenvalue weighted by Gasteiger charge is 2.07. The maximum Gasteiger partial charge on any atom is 0.200 e. The molecule has 2 aromatic carbocycles. The highest BCUT2D eigenvalue weighted by Crippen LogP contribution is 2.18. The number of carbonyl (C=O) groups excluding carboxylic acids is 1. The van der Waals surface area contributed by atoms with E-state index in [9.17, 15) is 4.79 Å². The molecule has 0 aliphatic rings. The van der Waals surface area contributed by atoms with Crippen molar-refractivity contribution < 1.29 is 14.3 Å². The minimum absolute atomic E-state index is 0.0195. The summed E-state index contributed by atoms with van der Waals surface area (Å²) >= 11 is 3.35. The molecule has 0 saturated carbocycles. The van der Waals surface area contributed by atoms with Crippen LogP contribution in [0.2, 0.25) is 0 Å². The lowest BCUT2D eigenvalue weighted by Crippen LogP contribution is -2.11. The molecular weight excluding hydrogens is 332 g/mol. The Morgan fingerprint density at radius 2 is 1.71 bits per heavy atom. The number of halogens is 1. The summed E-state index contributed by atoms with van der Waals surface area (Å²) in [5.74, 6) is 1.41. The summed E-state index contributed by atoms with van der Waals surface area (Å²) in [7, 11) is 0. The Morgan fingerprint density at radius 1 is 1.05 bits per heavy atom. The lowest BCUT2D eigenvalue weighted by molar-refractivity contribution is 0.0921. The first-order valence-corrected chi connectivity index (χ1v) is 7.63. The Kier molecular flexibility index (Phi) is 5.81. The Bertz CT molecular complexity index is 593. The molecule has 0 heterocycles. The Hall–Kier alpha value is -1.81. The Morgan fingerprint density at radius 3 is 2.33 bits per heavy atom. The second-order valence-corrected chi connectivity index (χ2v) is 5.46. The monoisotopic (exact) mass is 348 g/mol. The zero-order valence-electron chi connectivity index (χ0n) is 11.8. The molecule has 2 rings (SSSR count). The van der Waals surface area contributed by atoms with Gasteiger partial charge in [-0.05, 0) is 42.8 Å². The van der Waals surface area contributed by atoms with Gasteiger partial charge in [0.05, 0.1) is 6.61 Å². The first-order valence-electron chi connectivity index (χ1n) is 6.83. The van der Waals surface area contributed by atoms with Crippen LogP contribution in [0.4, 0.5) is 0 Å². The van der Waals surface area contributed by atoms with Crippen LogP contribution in [0.3, 0.4) is 0 Å². The predicted octanol–water partition coefficient (Wildman–Crippen LogP) is 4.50. The van der Waals surface area contributed by atoms with Crippen molar-refractivity contribution in [2.75, 3.05) is 13.2 Å². The van der Waals surface area contributed by atoms with Crippen molar-refractivity contribution >= 4 is 21.7 Å². The molecule has 2 aromatic rings. The van der Waals surface area contributed by atoms with Gasteiger partial charge in [-0.25, -0.2) is 0 Å². The maximum atomic E-state index is 12.0. The zero-order chi connectivity index (χ0) is 15.1. The van der Waals surface area contributed by atoms with E-state index in [-0.39, 0.29) is 12.4 Å². The van der Waals surface area contributed by atoms with Gasteiger partial charge < -0.3 is 9.47 Å². The molecule has 0 aromatic heterocycles. The summed E-state index contributed by atoms with van der Waals surface area (Å²) in [4.78, 5) is 12.0. The molecule has 0 bridgehead atoms. The minimum atomic E-state index is -0.0531. The van der Waals surface area contributed by atoms with E-state index in [4.69, 9.17) is 9.47 Å². The smallest absolute Gasteiger partial charge is 0.200 e. The number of Topliss-reactive ketones (excluding diaryl/α,β-unsaturated/α-hetero) is 1. The molecule has 0 amide bonds. The number of hydrogen-bond donors (Lipinski definition) is 0. The second-order valence-electron chi connectivity index (χ2n) is 4.54. The van der Waals surface area contributed by atoms with Crippen LogP contribution in [-0.2, 0) is 0 Å². The van der Waals surface area contributed by atoms with Crippen molar-refractivity contribution in [3.63, 3.8) is 0 Å². The normalized spacial score (nSPS) is 10.2. The predicted molar refractivity (Wildman–Crippen MR) is 86.2 cm³/mol. The van der Waals surface area contributed by atoms with E-state index < -0.39 is 0 Å². The first kappa shape index (κ1) is 15.6. The SMILES string of the molecule is CCCOc1ccc(OCC(=O)c2cccc(Br)c2)cc1. The number of ether oxygens (including phenoxy) is 2. The van der Waals surface area contributed by atoms with Crippen LogP contribution in [0.25, 0.3) is 0 Å². The fraction of sp³-hybridized carbons (Fsp3) is 0.235. The van der Waals surface area contributed by atoms with E-state index in [1.165, 1.54) is 0 Å². The van der Waals surface area contributed by atoms with E-state index in [1.807, 2.05) is 24.3 Å². The summed E-state index contributed by atoms with van der Waals surface area (Å²) in [5, 5.41) is 0. The van der Waals surface area contributed by atoms with Crippen LogP contribution in [0.15, 0.2) is 53.0 Å². The van der Waals surface area contributed by atoms with Gasteiger partial charge in [-0.3, -0.25) is 4.79 Å². The standard InChI is InChI=1S/C17H17BrO3/c1-2-10-20-15-6-8-16(9-7-15)21-12-17(19)13-4-3-5-14(18)11-13/h3-9,11H,2,10,12H2,1H3. The molecule has 0 saturated heterocycles. The van der Waals surface area contributed by atoms with Gasteiger partial charge in [-0.15, -0.1) is 0 Å². The van der Waals surface area contributed by atoms with Crippen molar-refractivity contribution in [3.8, 4) is 11.5 Å². The average molecular weight is 349 g/mol. The Labute approximate surface area is 133 Å². The largest absolute Gasteiger partial charge is 0.494 e. The van der Waals surface area contributed by atoms with Gasteiger partial charge in [0.1, 0.15) is 11.5 Å². The molecule has 3 nitrogen and oxygen atoms in total. The fourth-order valence-corrected chi connectivity index (χ4v) is 2.15. The summed E-state index contributed by atoms with van der Waals surface area (Å²) in [6, 6.07) is 14.6. The summed E-state index contributed by atoms with van der Waals surface area (Å²) in [6.07, 6.45) is 0.972. The molecule has 0 N–H and O–H groups in total. The van der Waals surface area contributed by atoms with Crippen LogP contribution in [0.5, 0.6) is 11.5 Å². The van der Waals surface area contributed by atoms with Gasteiger partial charge in [0, 0.05) is 10.0 Å². The second kappa shape index (κ2) is 7.84. The lowest BCUT2D eigenvalue weighted by Gasteiger charge is -2.08. The average Bonchev–Trinajstić information content (AvgIpc) is 2.51. The van der Waals surface area contributed by atoms with Gasteiger partial charge in [0.25, 0.3) is 0 Å². The molecule has 21 heavy (non-hydrogen) atoms. The van der Waals surface area contributed by atoms with Crippen molar-refractivity contribution in [1.82, 2.24) is 0 Å². The molecule has 0 radical (unpaired) electrons. The highest BCUT2D eigenvalue weighted by atomic mass is 79.9. The fourth-order valence-electron chi connectivity index (χ4n) is 1.75. The van der Waals surface area contributed by atoms with Gasteiger partial charge >= 0.3 is 0 Å². The van der Waals surface area contributed by atoms with Crippen molar-refractivity contribution in [3.05, 3.63) is 58.6 Å². The van der Waals surface area contributed by atoms with Gasteiger partial charge in [-0.2, -0.15) is 0 Å². The lowest BCUT2D eigenvalue weighted by atomic mass is 10.1. The van der Waals surface area contributed by atoms with Crippen LogP contribution in [-0.4, -0.2) is 19.0 Å².